The molecule has 1 aliphatic rings. The van der Waals surface area contributed by atoms with Crippen molar-refractivity contribution in [2.45, 2.75) is 25.2 Å². The van der Waals surface area contributed by atoms with E-state index in [4.69, 9.17) is 5.73 Å². The van der Waals surface area contributed by atoms with E-state index in [-0.39, 0.29) is 5.41 Å². The Balaban J connectivity index is 1.99. The van der Waals surface area contributed by atoms with E-state index in [9.17, 15) is 0 Å². The van der Waals surface area contributed by atoms with Crippen LogP contribution >= 0.6 is 0 Å². The Kier molecular flexibility index (Phi) is 4.09. The number of nitrogens with one attached hydrogen (secondary N) is 1. The highest BCUT2D eigenvalue weighted by Gasteiger charge is 2.32. The minimum atomic E-state index is 0.144. The van der Waals surface area contributed by atoms with Crippen molar-refractivity contribution in [2.75, 3.05) is 19.6 Å². The van der Waals surface area contributed by atoms with Gasteiger partial charge in [0.15, 0.2) is 0 Å². The van der Waals surface area contributed by atoms with Crippen LogP contribution in [0, 0.1) is 6.92 Å². The van der Waals surface area contributed by atoms with Gasteiger partial charge in [0.05, 0.1) is 0 Å². The lowest BCUT2D eigenvalue weighted by molar-refractivity contribution is 0.315. The fraction of sp³-hybridized carbons (Fsp3) is 0.368. The van der Waals surface area contributed by atoms with Gasteiger partial charge in [-0.05, 0) is 49.5 Å². The highest BCUT2D eigenvalue weighted by Crippen LogP contribution is 2.34. The van der Waals surface area contributed by atoms with Gasteiger partial charge in [0.1, 0.15) is 0 Å². The summed E-state index contributed by atoms with van der Waals surface area (Å²) < 4.78 is 0. The standard InChI is InChI=1S/C19H24N2/c1-15-4-2-5-16(12-15)17-6-3-7-18(13-17)19(14-20)8-10-21-11-9-19/h2-7,12-13,21H,8-11,14,20H2,1H3. The predicted octanol–water partition coefficient (Wildman–Crippen LogP) is 3.24. The molecule has 1 heterocycles. The lowest BCUT2D eigenvalue weighted by Gasteiger charge is -2.37. The van der Waals surface area contributed by atoms with Gasteiger partial charge in [-0.2, -0.15) is 0 Å². The van der Waals surface area contributed by atoms with Crippen LogP contribution in [0.25, 0.3) is 11.1 Å². The van der Waals surface area contributed by atoms with E-state index in [0.717, 1.165) is 32.5 Å². The number of benzene rings is 2. The molecule has 2 aromatic rings. The zero-order chi connectivity index (χ0) is 14.7. The molecule has 0 aliphatic carbocycles. The summed E-state index contributed by atoms with van der Waals surface area (Å²) in [6.07, 6.45) is 2.25. The Morgan fingerprint density at radius 2 is 1.67 bits per heavy atom. The zero-order valence-electron chi connectivity index (χ0n) is 12.7. The summed E-state index contributed by atoms with van der Waals surface area (Å²) in [4.78, 5) is 0. The Hall–Kier alpha value is -1.64. The van der Waals surface area contributed by atoms with Gasteiger partial charge in [0.25, 0.3) is 0 Å². The molecule has 3 N–H and O–H groups in total. The van der Waals surface area contributed by atoms with Crippen LogP contribution in [-0.4, -0.2) is 19.6 Å². The molecule has 0 bridgehead atoms. The average Bonchev–Trinajstić information content (AvgIpc) is 2.55. The average molecular weight is 280 g/mol. The summed E-state index contributed by atoms with van der Waals surface area (Å²) in [6, 6.07) is 17.7. The molecule has 0 atom stereocenters. The number of aryl methyl sites for hydroxylation is 1. The fourth-order valence-corrected chi connectivity index (χ4v) is 3.37. The zero-order valence-corrected chi connectivity index (χ0v) is 12.7. The van der Waals surface area contributed by atoms with E-state index < -0.39 is 0 Å². The van der Waals surface area contributed by atoms with Gasteiger partial charge in [0.2, 0.25) is 0 Å². The van der Waals surface area contributed by atoms with E-state index in [2.05, 4.69) is 60.8 Å². The maximum atomic E-state index is 6.16. The molecule has 2 aromatic carbocycles. The second kappa shape index (κ2) is 6.00. The van der Waals surface area contributed by atoms with Crippen molar-refractivity contribution < 1.29 is 0 Å². The lowest BCUT2D eigenvalue weighted by atomic mass is 9.73. The summed E-state index contributed by atoms with van der Waals surface area (Å²) in [5, 5.41) is 3.44. The van der Waals surface area contributed by atoms with E-state index in [0.29, 0.717) is 0 Å². The number of rotatable bonds is 3. The number of nitrogens with two attached hydrogens (primary N) is 1. The molecule has 0 amide bonds. The molecule has 1 saturated heterocycles. The summed E-state index contributed by atoms with van der Waals surface area (Å²) >= 11 is 0. The molecule has 1 aliphatic heterocycles. The summed E-state index contributed by atoms with van der Waals surface area (Å²) in [6.45, 7) is 4.99. The van der Waals surface area contributed by atoms with Gasteiger partial charge in [-0.25, -0.2) is 0 Å². The molecule has 3 rings (SSSR count). The van der Waals surface area contributed by atoms with Gasteiger partial charge < -0.3 is 11.1 Å². The summed E-state index contributed by atoms with van der Waals surface area (Å²) in [5.41, 5.74) is 11.6. The van der Waals surface area contributed by atoms with Gasteiger partial charge in [-0.1, -0.05) is 54.1 Å². The van der Waals surface area contributed by atoms with Crippen LogP contribution in [0.15, 0.2) is 48.5 Å². The van der Waals surface area contributed by atoms with Crippen molar-refractivity contribution in [1.82, 2.24) is 5.32 Å². The second-order valence-corrected chi connectivity index (χ2v) is 6.18. The van der Waals surface area contributed by atoms with Crippen molar-refractivity contribution in [2.24, 2.45) is 5.73 Å². The van der Waals surface area contributed by atoms with E-state index >= 15 is 0 Å². The van der Waals surface area contributed by atoms with Crippen LogP contribution in [0.5, 0.6) is 0 Å². The van der Waals surface area contributed by atoms with E-state index in [1.165, 1.54) is 22.3 Å². The molecular weight excluding hydrogens is 256 g/mol. The molecule has 2 nitrogen and oxygen atoms in total. The topological polar surface area (TPSA) is 38.0 Å². The minimum absolute atomic E-state index is 0.144. The molecule has 0 aromatic heterocycles. The molecule has 21 heavy (non-hydrogen) atoms. The number of hydrogen-bond acceptors (Lipinski definition) is 2. The molecule has 2 heteroatoms. The third-order valence-corrected chi connectivity index (χ3v) is 4.78. The van der Waals surface area contributed by atoms with Crippen molar-refractivity contribution in [1.29, 1.82) is 0 Å². The Morgan fingerprint density at radius 3 is 2.33 bits per heavy atom. The van der Waals surface area contributed by atoms with Crippen LogP contribution < -0.4 is 11.1 Å². The molecule has 1 fully saturated rings. The molecule has 0 radical (unpaired) electrons. The smallest absolute Gasteiger partial charge is 0.00998 e. The quantitative estimate of drug-likeness (QED) is 0.906. The number of hydrogen-bond donors (Lipinski definition) is 2. The number of piperidine rings is 1. The first-order valence-electron chi connectivity index (χ1n) is 7.82. The first-order chi connectivity index (χ1) is 10.2. The molecule has 0 spiro atoms. The third-order valence-electron chi connectivity index (χ3n) is 4.78. The first kappa shape index (κ1) is 14.3. The highest BCUT2D eigenvalue weighted by molar-refractivity contribution is 5.65. The van der Waals surface area contributed by atoms with E-state index in [1.54, 1.807) is 0 Å². The molecule has 0 unspecified atom stereocenters. The van der Waals surface area contributed by atoms with Crippen molar-refractivity contribution in [3.63, 3.8) is 0 Å². The van der Waals surface area contributed by atoms with E-state index in [1.807, 2.05) is 0 Å². The second-order valence-electron chi connectivity index (χ2n) is 6.18. The molecule has 110 valence electrons. The Morgan fingerprint density at radius 1 is 1.00 bits per heavy atom. The Bertz CT molecular complexity index is 612. The van der Waals surface area contributed by atoms with Crippen LogP contribution in [0.2, 0.25) is 0 Å². The maximum Gasteiger partial charge on any atom is 0.00998 e. The molecular formula is C19H24N2. The summed E-state index contributed by atoms with van der Waals surface area (Å²) in [5.74, 6) is 0. The first-order valence-corrected chi connectivity index (χ1v) is 7.82. The van der Waals surface area contributed by atoms with Crippen molar-refractivity contribution >= 4 is 0 Å². The van der Waals surface area contributed by atoms with Crippen LogP contribution in [0.4, 0.5) is 0 Å². The minimum Gasteiger partial charge on any atom is -0.330 e. The highest BCUT2D eigenvalue weighted by atomic mass is 14.9. The van der Waals surface area contributed by atoms with Crippen molar-refractivity contribution in [3.05, 3.63) is 59.7 Å². The monoisotopic (exact) mass is 280 g/mol. The maximum absolute atomic E-state index is 6.16. The normalized spacial score (nSPS) is 17.6. The predicted molar refractivity (Wildman–Crippen MR) is 89.5 cm³/mol. The molecule has 0 saturated carbocycles. The van der Waals surface area contributed by atoms with Gasteiger partial charge >= 0.3 is 0 Å². The SMILES string of the molecule is Cc1cccc(-c2cccc(C3(CN)CCNCC3)c2)c1. The largest absolute Gasteiger partial charge is 0.330 e. The van der Waals surface area contributed by atoms with Crippen LogP contribution in [0.1, 0.15) is 24.0 Å². The van der Waals surface area contributed by atoms with Crippen LogP contribution in [-0.2, 0) is 5.41 Å². The van der Waals surface area contributed by atoms with Gasteiger partial charge in [-0.3, -0.25) is 0 Å². The fourth-order valence-electron chi connectivity index (χ4n) is 3.37. The van der Waals surface area contributed by atoms with Crippen LogP contribution in [0.3, 0.4) is 0 Å². The summed E-state index contributed by atoms with van der Waals surface area (Å²) in [7, 11) is 0. The van der Waals surface area contributed by atoms with Gasteiger partial charge in [0, 0.05) is 12.0 Å². The van der Waals surface area contributed by atoms with Gasteiger partial charge in [-0.15, -0.1) is 0 Å². The third kappa shape index (κ3) is 2.87. The Labute approximate surface area is 127 Å². The lowest BCUT2D eigenvalue weighted by Crippen LogP contribution is -2.44. The van der Waals surface area contributed by atoms with Crippen molar-refractivity contribution in [3.8, 4) is 11.1 Å².